The van der Waals surface area contributed by atoms with Gasteiger partial charge < -0.3 is 15.2 Å². The number of nitriles is 1. The second-order valence-corrected chi connectivity index (χ2v) is 5.79. The summed E-state index contributed by atoms with van der Waals surface area (Å²) in [6.45, 7) is 1.89. The van der Waals surface area contributed by atoms with Crippen molar-refractivity contribution in [2.45, 2.75) is 6.92 Å². The molecule has 3 aromatic rings. The van der Waals surface area contributed by atoms with Gasteiger partial charge >= 0.3 is 0 Å². The molecule has 5 heteroatoms. The SMILES string of the molecule is COc1cc(OC)cc(-c2c(C#N)c(N)nc(C)c2-c2ccccc2)c1. The van der Waals surface area contributed by atoms with Gasteiger partial charge in [0, 0.05) is 22.9 Å². The molecule has 0 bridgehead atoms. The van der Waals surface area contributed by atoms with E-state index in [-0.39, 0.29) is 5.82 Å². The number of nitrogens with two attached hydrogens (primary N) is 1. The Morgan fingerprint density at radius 2 is 1.54 bits per heavy atom. The maximum Gasteiger partial charge on any atom is 0.142 e. The molecule has 26 heavy (non-hydrogen) atoms. The predicted molar refractivity (Wildman–Crippen MR) is 102 cm³/mol. The summed E-state index contributed by atoms with van der Waals surface area (Å²) < 4.78 is 10.8. The lowest BCUT2D eigenvalue weighted by atomic mass is 9.90. The number of aromatic nitrogens is 1. The first-order chi connectivity index (χ1) is 12.6. The number of methoxy groups -OCH3 is 2. The highest BCUT2D eigenvalue weighted by atomic mass is 16.5. The number of anilines is 1. The van der Waals surface area contributed by atoms with Gasteiger partial charge in [0.05, 0.1) is 14.2 Å². The van der Waals surface area contributed by atoms with E-state index in [0.29, 0.717) is 17.1 Å². The lowest BCUT2D eigenvalue weighted by Gasteiger charge is -2.17. The first kappa shape index (κ1) is 17.3. The average Bonchev–Trinajstić information content (AvgIpc) is 2.67. The number of rotatable bonds is 4. The first-order valence-corrected chi connectivity index (χ1v) is 8.08. The van der Waals surface area contributed by atoms with Gasteiger partial charge in [-0.2, -0.15) is 5.26 Å². The Hall–Kier alpha value is -3.52. The first-order valence-electron chi connectivity index (χ1n) is 8.08. The molecule has 0 fully saturated rings. The average molecular weight is 345 g/mol. The summed E-state index contributed by atoms with van der Waals surface area (Å²) in [6, 6.07) is 17.5. The molecule has 0 amide bonds. The Labute approximate surface area is 152 Å². The zero-order valence-electron chi connectivity index (χ0n) is 14.9. The van der Waals surface area contributed by atoms with Crippen molar-refractivity contribution >= 4 is 5.82 Å². The molecule has 2 aromatic carbocycles. The van der Waals surface area contributed by atoms with E-state index in [1.54, 1.807) is 20.3 Å². The summed E-state index contributed by atoms with van der Waals surface area (Å²) in [7, 11) is 3.18. The third kappa shape index (κ3) is 3.05. The van der Waals surface area contributed by atoms with Gasteiger partial charge in [0.2, 0.25) is 0 Å². The Morgan fingerprint density at radius 3 is 2.08 bits per heavy atom. The van der Waals surface area contributed by atoms with Crippen LogP contribution in [0.2, 0.25) is 0 Å². The van der Waals surface area contributed by atoms with Gasteiger partial charge in [-0.3, -0.25) is 0 Å². The van der Waals surface area contributed by atoms with Crippen molar-refractivity contribution in [2.75, 3.05) is 20.0 Å². The van der Waals surface area contributed by atoms with Gasteiger partial charge in [0.25, 0.3) is 0 Å². The number of hydrogen-bond donors (Lipinski definition) is 1. The van der Waals surface area contributed by atoms with Crippen LogP contribution in [0.25, 0.3) is 22.3 Å². The third-order valence-electron chi connectivity index (χ3n) is 4.22. The fourth-order valence-electron chi connectivity index (χ4n) is 3.04. The number of nitrogens with zero attached hydrogens (tertiary/aromatic N) is 2. The zero-order valence-corrected chi connectivity index (χ0v) is 14.9. The second kappa shape index (κ2) is 7.16. The summed E-state index contributed by atoms with van der Waals surface area (Å²) in [6.07, 6.45) is 0. The fourth-order valence-corrected chi connectivity index (χ4v) is 3.04. The van der Waals surface area contributed by atoms with Crippen LogP contribution in [0.4, 0.5) is 5.82 Å². The van der Waals surface area contributed by atoms with Crippen molar-refractivity contribution in [1.82, 2.24) is 4.98 Å². The molecule has 0 aliphatic heterocycles. The van der Waals surface area contributed by atoms with E-state index in [4.69, 9.17) is 15.2 Å². The molecule has 0 spiro atoms. The van der Waals surface area contributed by atoms with Gasteiger partial charge in [-0.25, -0.2) is 4.98 Å². The van der Waals surface area contributed by atoms with Crippen molar-refractivity contribution < 1.29 is 9.47 Å². The van der Waals surface area contributed by atoms with Crippen LogP contribution in [0.3, 0.4) is 0 Å². The Bertz CT molecular complexity index is 970. The van der Waals surface area contributed by atoms with Crippen LogP contribution in [-0.4, -0.2) is 19.2 Å². The highest BCUT2D eigenvalue weighted by Crippen LogP contribution is 2.41. The largest absolute Gasteiger partial charge is 0.497 e. The summed E-state index contributed by atoms with van der Waals surface area (Å²) in [4.78, 5) is 4.38. The minimum absolute atomic E-state index is 0.210. The van der Waals surface area contributed by atoms with Gasteiger partial charge in [0.15, 0.2) is 0 Å². The molecule has 1 heterocycles. The maximum absolute atomic E-state index is 9.74. The molecule has 2 N–H and O–H groups in total. The van der Waals surface area contributed by atoms with Crippen LogP contribution >= 0.6 is 0 Å². The van der Waals surface area contributed by atoms with E-state index in [1.165, 1.54) is 0 Å². The van der Waals surface area contributed by atoms with Crippen molar-refractivity contribution in [1.29, 1.82) is 5.26 Å². The Balaban J connectivity index is 2.42. The summed E-state index contributed by atoms with van der Waals surface area (Å²) in [5, 5.41) is 9.74. The second-order valence-electron chi connectivity index (χ2n) is 5.79. The van der Waals surface area contributed by atoms with Crippen LogP contribution in [0.1, 0.15) is 11.3 Å². The molecule has 130 valence electrons. The fraction of sp³-hybridized carbons (Fsp3) is 0.143. The van der Waals surface area contributed by atoms with E-state index in [9.17, 15) is 5.26 Å². The normalized spacial score (nSPS) is 10.2. The van der Waals surface area contributed by atoms with Gasteiger partial charge in [-0.05, 0) is 30.2 Å². The molecule has 0 radical (unpaired) electrons. The van der Waals surface area contributed by atoms with Crippen LogP contribution < -0.4 is 15.2 Å². The Kier molecular flexibility index (Phi) is 4.76. The molecule has 0 aliphatic rings. The smallest absolute Gasteiger partial charge is 0.142 e. The quantitative estimate of drug-likeness (QED) is 0.766. The maximum atomic E-state index is 9.74. The molecular weight excluding hydrogens is 326 g/mol. The van der Waals surface area contributed by atoms with Crippen LogP contribution in [0, 0.1) is 18.3 Å². The lowest BCUT2D eigenvalue weighted by Crippen LogP contribution is -2.03. The number of hydrogen-bond acceptors (Lipinski definition) is 5. The third-order valence-corrected chi connectivity index (χ3v) is 4.22. The highest BCUT2D eigenvalue weighted by Gasteiger charge is 2.20. The lowest BCUT2D eigenvalue weighted by molar-refractivity contribution is 0.394. The molecule has 0 unspecified atom stereocenters. The van der Waals surface area contributed by atoms with E-state index >= 15 is 0 Å². The van der Waals surface area contributed by atoms with Crippen LogP contribution in [0.5, 0.6) is 11.5 Å². The number of pyridine rings is 1. The molecule has 0 aliphatic carbocycles. The Morgan fingerprint density at radius 1 is 0.923 bits per heavy atom. The molecule has 1 aromatic heterocycles. The number of ether oxygens (including phenoxy) is 2. The summed E-state index contributed by atoms with van der Waals surface area (Å²) in [5.74, 6) is 1.48. The zero-order chi connectivity index (χ0) is 18.7. The minimum atomic E-state index is 0.210. The molecule has 5 nitrogen and oxygen atoms in total. The van der Waals surface area contributed by atoms with Crippen molar-refractivity contribution in [3.05, 3.63) is 59.8 Å². The highest BCUT2D eigenvalue weighted by molar-refractivity contribution is 5.91. The number of aryl methyl sites for hydroxylation is 1. The molecule has 3 rings (SSSR count). The van der Waals surface area contributed by atoms with E-state index in [0.717, 1.165) is 27.9 Å². The van der Waals surface area contributed by atoms with Crippen molar-refractivity contribution in [3.8, 4) is 39.8 Å². The van der Waals surface area contributed by atoms with E-state index in [1.807, 2.05) is 49.4 Å². The molecule has 0 atom stereocenters. The summed E-state index contributed by atoms with van der Waals surface area (Å²) in [5.41, 5.74) is 10.5. The topological polar surface area (TPSA) is 81.2 Å². The van der Waals surface area contributed by atoms with Crippen LogP contribution in [-0.2, 0) is 0 Å². The summed E-state index contributed by atoms with van der Waals surface area (Å²) >= 11 is 0. The number of nitrogen functional groups attached to an aromatic ring is 1. The standard InChI is InChI=1S/C21H19N3O2/c1-13-19(14-7-5-4-6-8-14)20(18(12-22)21(23)24-13)15-9-16(25-2)11-17(10-15)26-3/h4-11H,1-3H3,(H2,23,24). The van der Waals surface area contributed by atoms with Crippen LogP contribution in [0.15, 0.2) is 48.5 Å². The molecular formula is C21H19N3O2. The van der Waals surface area contributed by atoms with E-state index in [2.05, 4.69) is 11.1 Å². The van der Waals surface area contributed by atoms with E-state index < -0.39 is 0 Å². The minimum Gasteiger partial charge on any atom is -0.497 e. The molecule has 0 saturated heterocycles. The van der Waals surface area contributed by atoms with Gasteiger partial charge in [0.1, 0.15) is 28.9 Å². The van der Waals surface area contributed by atoms with Gasteiger partial charge in [-0.1, -0.05) is 30.3 Å². The molecule has 0 saturated carbocycles. The van der Waals surface area contributed by atoms with Crippen molar-refractivity contribution in [2.24, 2.45) is 0 Å². The van der Waals surface area contributed by atoms with Gasteiger partial charge in [-0.15, -0.1) is 0 Å². The predicted octanol–water partition coefficient (Wildman–Crippen LogP) is 4.20. The number of benzene rings is 2. The van der Waals surface area contributed by atoms with Crippen molar-refractivity contribution in [3.63, 3.8) is 0 Å². The monoisotopic (exact) mass is 345 g/mol.